The van der Waals surface area contributed by atoms with Gasteiger partial charge in [0.1, 0.15) is 11.9 Å². The summed E-state index contributed by atoms with van der Waals surface area (Å²) in [5, 5.41) is 12.1. The van der Waals surface area contributed by atoms with E-state index >= 15 is 0 Å². The van der Waals surface area contributed by atoms with Crippen LogP contribution in [-0.4, -0.2) is 4.98 Å². The van der Waals surface area contributed by atoms with Crippen LogP contribution in [-0.2, 0) is 6.54 Å². The van der Waals surface area contributed by atoms with E-state index in [0.29, 0.717) is 12.1 Å². The molecule has 0 fully saturated rings. The molecule has 0 radical (unpaired) electrons. The molecule has 0 aliphatic carbocycles. The molecule has 1 N–H and O–H groups in total. The number of rotatable bonds is 4. The van der Waals surface area contributed by atoms with Crippen LogP contribution in [0.15, 0.2) is 48.8 Å². The topological polar surface area (TPSA) is 48.7 Å². The zero-order valence-corrected chi connectivity index (χ0v) is 9.68. The Balaban J connectivity index is 2.08. The Morgan fingerprint density at radius 2 is 1.94 bits per heavy atom. The molecule has 0 saturated heterocycles. The monoisotopic (exact) mass is 241 g/mol. The first-order valence-corrected chi connectivity index (χ1v) is 5.57. The van der Waals surface area contributed by atoms with Gasteiger partial charge in [0.25, 0.3) is 0 Å². The van der Waals surface area contributed by atoms with Gasteiger partial charge >= 0.3 is 0 Å². The average molecular weight is 241 g/mol. The molecule has 1 heterocycles. The summed E-state index contributed by atoms with van der Waals surface area (Å²) in [7, 11) is 0. The lowest BCUT2D eigenvalue weighted by Gasteiger charge is -2.12. The third-order valence-corrected chi connectivity index (χ3v) is 2.60. The maximum atomic E-state index is 13.6. The predicted molar refractivity (Wildman–Crippen MR) is 65.8 cm³/mol. The Labute approximate surface area is 105 Å². The highest BCUT2D eigenvalue weighted by Gasteiger charge is 2.13. The van der Waals surface area contributed by atoms with Gasteiger partial charge in [-0.05, 0) is 23.8 Å². The van der Waals surface area contributed by atoms with E-state index in [1.165, 1.54) is 6.07 Å². The minimum atomic E-state index is -0.653. The minimum Gasteiger partial charge on any atom is -0.294 e. The molecule has 18 heavy (non-hydrogen) atoms. The molecule has 2 aromatic rings. The van der Waals surface area contributed by atoms with Crippen molar-refractivity contribution in [1.29, 1.82) is 5.26 Å². The largest absolute Gasteiger partial charge is 0.294 e. The van der Waals surface area contributed by atoms with Gasteiger partial charge in [0.05, 0.1) is 6.07 Å². The second-order valence-corrected chi connectivity index (χ2v) is 3.82. The summed E-state index contributed by atoms with van der Waals surface area (Å²) in [6.45, 7) is 0.495. The fraction of sp³-hybridized carbons (Fsp3) is 0.143. The van der Waals surface area contributed by atoms with Crippen molar-refractivity contribution >= 4 is 0 Å². The standard InChI is InChI=1S/C14H12FN3/c15-13-4-2-1-3-12(13)14(9-16)18-10-11-5-7-17-8-6-11/h1-8,14,18H,10H2. The molecule has 1 aromatic heterocycles. The molecule has 0 aliphatic heterocycles. The third kappa shape index (κ3) is 2.90. The molecule has 4 heteroatoms. The van der Waals surface area contributed by atoms with Gasteiger partial charge in [0.2, 0.25) is 0 Å². The maximum absolute atomic E-state index is 13.6. The van der Waals surface area contributed by atoms with Gasteiger partial charge in [-0.2, -0.15) is 5.26 Å². The smallest absolute Gasteiger partial charge is 0.129 e. The highest BCUT2D eigenvalue weighted by atomic mass is 19.1. The molecular formula is C14H12FN3. The first-order chi connectivity index (χ1) is 8.81. The first kappa shape index (κ1) is 12.2. The number of nitrogens with zero attached hydrogens (tertiary/aromatic N) is 2. The molecule has 1 atom stereocenters. The summed E-state index contributed by atoms with van der Waals surface area (Å²) in [5.41, 5.74) is 1.37. The van der Waals surface area contributed by atoms with Crippen molar-refractivity contribution in [2.45, 2.75) is 12.6 Å². The van der Waals surface area contributed by atoms with Gasteiger partial charge in [-0.25, -0.2) is 4.39 Å². The van der Waals surface area contributed by atoms with Gasteiger partial charge in [-0.1, -0.05) is 18.2 Å². The van der Waals surface area contributed by atoms with Crippen molar-refractivity contribution in [3.63, 3.8) is 0 Å². The summed E-state index contributed by atoms with van der Waals surface area (Å²) < 4.78 is 13.6. The number of nitriles is 1. The van der Waals surface area contributed by atoms with Crippen LogP contribution in [0, 0.1) is 17.1 Å². The number of benzene rings is 1. The highest BCUT2D eigenvalue weighted by Crippen LogP contribution is 2.16. The number of hydrogen-bond acceptors (Lipinski definition) is 3. The van der Waals surface area contributed by atoms with E-state index in [1.807, 2.05) is 12.1 Å². The molecule has 3 nitrogen and oxygen atoms in total. The van der Waals surface area contributed by atoms with Crippen molar-refractivity contribution < 1.29 is 4.39 Å². The Hall–Kier alpha value is -2.25. The van der Waals surface area contributed by atoms with Crippen molar-refractivity contribution in [3.8, 4) is 6.07 Å². The van der Waals surface area contributed by atoms with Crippen molar-refractivity contribution in [1.82, 2.24) is 10.3 Å². The Morgan fingerprint density at radius 3 is 2.61 bits per heavy atom. The normalized spacial score (nSPS) is 11.8. The molecule has 0 spiro atoms. The molecule has 0 aliphatic rings. The molecule has 90 valence electrons. The fourth-order valence-corrected chi connectivity index (χ4v) is 1.65. The van der Waals surface area contributed by atoms with Crippen LogP contribution in [0.2, 0.25) is 0 Å². The van der Waals surface area contributed by atoms with E-state index in [2.05, 4.69) is 16.4 Å². The zero-order chi connectivity index (χ0) is 12.8. The summed E-state index contributed by atoms with van der Waals surface area (Å²) in [4.78, 5) is 3.91. The van der Waals surface area contributed by atoms with Crippen LogP contribution in [0.25, 0.3) is 0 Å². The van der Waals surface area contributed by atoms with Crippen LogP contribution in [0.4, 0.5) is 4.39 Å². The maximum Gasteiger partial charge on any atom is 0.129 e. The van der Waals surface area contributed by atoms with Crippen LogP contribution >= 0.6 is 0 Å². The number of hydrogen-bond donors (Lipinski definition) is 1. The van der Waals surface area contributed by atoms with Gasteiger partial charge in [-0.3, -0.25) is 10.3 Å². The molecule has 1 aromatic carbocycles. The SMILES string of the molecule is N#CC(NCc1ccncc1)c1ccccc1F. The molecule has 1 unspecified atom stereocenters. The molecule has 0 saturated carbocycles. The third-order valence-electron chi connectivity index (χ3n) is 2.60. The van der Waals surface area contributed by atoms with Gasteiger partial charge < -0.3 is 0 Å². The number of halogens is 1. The lowest BCUT2D eigenvalue weighted by Crippen LogP contribution is -2.20. The van der Waals surface area contributed by atoms with E-state index in [-0.39, 0.29) is 5.82 Å². The fourth-order valence-electron chi connectivity index (χ4n) is 1.65. The van der Waals surface area contributed by atoms with Gasteiger partial charge in [0.15, 0.2) is 0 Å². The van der Waals surface area contributed by atoms with E-state index < -0.39 is 6.04 Å². The van der Waals surface area contributed by atoms with E-state index in [1.54, 1.807) is 30.6 Å². The molecular weight excluding hydrogens is 229 g/mol. The van der Waals surface area contributed by atoms with Gasteiger partial charge in [-0.15, -0.1) is 0 Å². The Kier molecular flexibility index (Phi) is 4.00. The lowest BCUT2D eigenvalue weighted by molar-refractivity contribution is 0.562. The lowest BCUT2D eigenvalue weighted by atomic mass is 10.1. The average Bonchev–Trinajstić information content (AvgIpc) is 2.42. The summed E-state index contributed by atoms with van der Waals surface area (Å²) >= 11 is 0. The second kappa shape index (κ2) is 5.89. The van der Waals surface area contributed by atoms with E-state index in [4.69, 9.17) is 5.26 Å². The molecule has 0 bridgehead atoms. The van der Waals surface area contributed by atoms with E-state index in [0.717, 1.165) is 5.56 Å². The second-order valence-electron chi connectivity index (χ2n) is 3.82. The van der Waals surface area contributed by atoms with Crippen LogP contribution in [0.1, 0.15) is 17.2 Å². The highest BCUT2D eigenvalue weighted by molar-refractivity contribution is 5.26. The van der Waals surface area contributed by atoms with E-state index in [9.17, 15) is 4.39 Å². The quantitative estimate of drug-likeness (QED) is 0.895. The molecule has 0 amide bonds. The van der Waals surface area contributed by atoms with Crippen molar-refractivity contribution in [3.05, 3.63) is 65.7 Å². The van der Waals surface area contributed by atoms with Gasteiger partial charge in [0, 0.05) is 24.5 Å². The first-order valence-electron chi connectivity index (χ1n) is 5.57. The zero-order valence-electron chi connectivity index (χ0n) is 9.68. The number of nitrogens with one attached hydrogen (secondary N) is 1. The van der Waals surface area contributed by atoms with Crippen LogP contribution < -0.4 is 5.32 Å². The molecule has 2 rings (SSSR count). The summed E-state index contributed by atoms with van der Waals surface area (Å²) in [6.07, 6.45) is 3.36. The van der Waals surface area contributed by atoms with Crippen molar-refractivity contribution in [2.75, 3.05) is 0 Å². The number of pyridine rings is 1. The predicted octanol–water partition coefficient (Wildman–Crippen LogP) is 2.58. The Morgan fingerprint density at radius 1 is 1.22 bits per heavy atom. The summed E-state index contributed by atoms with van der Waals surface area (Å²) in [6, 6.07) is 11.4. The Bertz CT molecular complexity index is 548. The van der Waals surface area contributed by atoms with Crippen LogP contribution in [0.5, 0.6) is 0 Å². The van der Waals surface area contributed by atoms with Crippen LogP contribution in [0.3, 0.4) is 0 Å². The van der Waals surface area contributed by atoms with Crippen molar-refractivity contribution in [2.24, 2.45) is 0 Å². The minimum absolute atomic E-state index is 0.369. The number of aromatic nitrogens is 1. The summed E-state index contributed by atoms with van der Waals surface area (Å²) in [5.74, 6) is -0.369.